The number of methoxy groups -OCH3 is 1. The van der Waals surface area contributed by atoms with E-state index in [2.05, 4.69) is 14.9 Å². The van der Waals surface area contributed by atoms with Crippen LogP contribution in [0.3, 0.4) is 0 Å². The van der Waals surface area contributed by atoms with E-state index in [0.29, 0.717) is 44.3 Å². The van der Waals surface area contributed by atoms with Gasteiger partial charge in [0.1, 0.15) is 17.7 Å². The molecule has 8 nitrogen and oxygen atoms in total. The smallest absolute Gasteiger partial charge is 0.410 e. The summed E-state index contributed by atoms with van der Waals surface area (Å²) in [7, 11) is 1.62. The zero-order valence-electron chi connectivity index (χ0n) is 17.2. The Morgan fingerprint density at radius 1 is 1.11 bits per heavy atom. The van der Waals surface area contributed by atoms with Crippen molar-refractivity contribution in [2.24, 2.45) is 0 Å². The van der Waals surface area contributed by atoms with Gasteiger partial charge in [-0.15, -0.1) is 0 Å². The Balaban J connectivity index is 1.80. The second kappa shape index (κ2) is 8.08. The number of rotatable bonds is 4. The number of amides is 1. The molecule has 1 aliphatic rings. The molecule has 0 unspecified atom stereocenters. The van der Waals surface area contributed by atoms with Gasteiger partial charge in [0.05, 0.1) is 19.2 Å². The minimum Gasteiger partial charge on any atom is -0.493 e. The number of ether oxygens (including phenoxy) is 3. The number of aromatic nitrogens is 2. The molecule has 152 valence electrons. The lowest BCUT2D eigenvalue weighted by Crippen LogP contribution is -2.50. The van der Waals surface area contributed by atoms with Crippen LogP contribution in [0.4, 0.5) is 10.6 Å². The van der Waals surface area contributed by atoms with E-state index in [9.17, 15) is 4.79 Å². The summed E-state index contributed by atoms with van der Waals surface area (Å²) < 4.78 is 16.6. The topological polar surface area (TPSA) is 77.0 Å². The van der Waals surface area contributed by atoms with Crippen LogP contribution in [0.1, 0.15) is 27.7 Å². The molecule has 3 rings (SSSR count). The minimum atomic E-state index is -0.494. The van der Waals surface area contributed by atoms with Crippen molar-refractivity contribution in [2.45, 2.75) is 33.3 Å². The summed E-state index contributed by atoms with van der Waals surface area (Å²) in [5.41, 5.74) is 0.301. The summed E-state index contributed by atoms with van der Waals surface area (Å²) in [4.78, 5) is 25.0. The molecule has 28 heavy (non-hydrogen) atoms. The average molecular weight is 388 g/mol. The van der Waals surface area contributed by atoms with Gasteiger partial charge in [-0.1, -0.05) is 0 Å². The van der Waals surface area contributed by atoms with Crippen molar-refractivity contribution in [1.29, 1.82) is 0 Å². The lowest BCUT2D eigenvalue weighted by molar-refractivity contribution is 0.0240. The van der Waals surface area contributed by atoms with E-state index in [1.165, 1.54) is 0 Å². The predicted octanol–water partition coefficient (Wildman–Crippen LogP) is 3.09. The molecule has 0 atom stereocenters. The van der Waals surface area contributed by atoms with Crippen molar-refractivity contribution >= 4 is 22.8 Å². The fourth-order valence-electron chi connectivity index (χ4n) is 3.16. The van der Waals surface area contributed by atoms with Crippen LogP contribution in [0.2, 0.25) is 0 Å². The fraction of sp³-hybridized carbons (Fsp3) is 0.550. The summed E-state index contributed by atoms with van der Waals surface area (Å²) in [6.45, 7) is 10.6. The molecule has 1 amide bonds. The van der Waals surface area contributed by atoms with Gasteiger partial charge in [-0.2, -0.15) is 0 Å². The van der Waals surface area contributed by atoms with Crippen LogP contribution < -0.4 is 14.4 Å². The first kappa shape index (κ1) is 20.0. The molecule has 0 bridgehead atoms. The molecule has 0 radical (unpaired) electrons. The van der Waals surface area contributed by atoms with E-state index in [4.69, 9.17) is 14.2 Å². The first-order valence-electron chi connectivity index (χ1n) is 9.51. The molecule has 0 spiro atoms. The summed E-state index contributed by atoms with van der Waals surface area (Å²) in [5.74, 6) is 2.14. The number of carbonyl (C=O) groups is 1. The zero-order chi connectivity index (χ0) is 20.3. The van der Waals surface area contributed by atoms with Crippen molar-refractivity contribution in [1.82, 2.24) is 14.9 Å². The third-order valence-corrected chi connectivity index (χ3v) is 4.43. The van der Waals surface area contributed by atoms with Crippen LogP contribution in [0.5, 0.6) is 11.5 Å². The molecule has 0 saturated carbocycles. The van der Waals surface area contributed by atoms with E-state index in [0.717, 1.165) is 16.7 Å². The van der Waals surface area contributed by atoms with Gasteiger partial charge in [-0.3, -0.25) is 0 Å². The second-order valence-electron chi connectivity index (χ2n) is 7.60. The maximum atomic E-state index is 12.3. The first-order chi connectivity index (χ1) is 13.3. The number of fused-ring (bicyclic) bond motifs is 1. The average Bonchev–Trinajstić information content (AvgIpc) is 2.66. The van der Waals surface area contributed by atoms with Crippen LogP contribution in [0, 0.1) is 0 Å². The van der Waals surface area contributed by atoms with Gasteiger partial charge in [-0.25, -0.2) is 14.8 Å². The van der Waals surface area contributed by atoms with Crippen molar-refractivity contribution in [2.75, 3.05) is 44.8 Å². The summed E-state index contributed by atoms with van der Waals surface area (Å²) in [5, 5.41) is 0.897. The monoisotopic (exact) mass is 388 g/mol. The second-order valence-corrected chi connectivity index (χ2v) is 7.60. The molecule has 1 aliphatic heterocycles. The van der Waals surface area contributed by atoms with Crippen LogP contribution in [-0.2, 0) is 4.74 Å². The van der Waals surface area contributed by atoms with Gasteiger partial charge in [0.2, 0.25) is 0 Å². The lowest BCUT2D eigenvalue weighted by Gasteiger charge is -2.36. The highest BCUT2D eigenvalue weighted by Gasteiger charge is 2.27. The van der Waals surface area contributed by atoms with Crippen molar-refractivity contribution in [3.05, 3.63) is 18.5 Å². The number of anilines is 1. The molecule has 1 saturated heterocycles. The fourth-order valence-corrected chi connectivity index (χ4v) is 3.16. The van der Waals surface area contributed by atoms with E-state index in [1.807, 2.05) is 39.8 Å². The van der Waals surface area contributed by atoms with Crippen molar-refractivity contribution in [3.8, 4) is 11.5 Å². The molecule has 8 heteroatoms. The number of hydrogen-bond donors (Lipinski definition) is 0. The Kier molecular flexibility index (Phi) is 5.76. The van der Waals surface area contributed by atoms with Crippen LogP contribution in [0.25, 0.3) is 10.9 Å². The van der Waals surface area contributed by atoms with Crippen LogP contribution in [-0.4, -0.2) is 66.5 Å². The van der Waals surface area contributed by atoms with E-state index < -0.39 is 5.60 Å². The van der Waals surface area contributed by atoms with Crippen LogP contribution in [0.15, 0.2) is 18.5 Å². The molecule has 1 aromatic carbocycles. The van der Waals surface area contributed by atoms with E-state index in [-0.39, 0.29) is 6.09 Å². The third-order valence-electron chi connectivity index (χ3n) is 4.43. The zero-order valence-corrected chi connectivity index (χ0v) is 17.2. The highest BCUT2D eigenvalue weighted by Crippen LogP contribution is 2.35. The van der Waals surface area contributed by atoms with E-state index >= 15 is 0 Å². The molecular weight excluding hydrogens is 360 g/mol. The number of nitrogens with zero attached hydrogens (tertiary/aromatic N) is 4. The third kappa shape index (κ3) is 4.37. The summed E-state index contributed by atoms with van der Waals surface area (Å²) in [6.07, 6.45) is 1.28. The summed E-state index contributed by atoms with van der Waals surface area (Å²) in [6, 6.07) is 3.79. The lowest BCUT2D eigenvalue weighted by atomic mass is 10.2. The number of carbonyl (C=O) groups excluding carboxylic acids is 1. The molecular formula is C20H28N4O4. The molecule has 1 aromatic heterocycles. The SMILES string of the molecule is CCOc1cc2ncnc(N3CCN(C(=O)OC(C)(C)C)CC3)c2cc1OC. The molecule has 1 fully saturated rings. The quantitative estimate of drug-likeness (QED) is 0.796. The maximum Gasteiger partial charge on any atom is 0.410 e. The Morgan fingerprint density at radius 2 is 1.82 bits per heavy atom. The number of piperazine rings is 1. The van der Waals surface area contributed by atoms with Gasteiger partial charge in [0, 0.05) is 37.6 Å². The molecule has 2 aromatic rings. The van der Waals surface area contributed by atoms with Crippen LogP contribution >= 0.6 is 0 Å². The largest absolute Gasteiger partial charge is 0.493 e. The highest BCUT2D eigenvalue weighted by atomic mass is 16.6. The Morgan fingerprint density at radius 3 is 2.43 bits per heavy atom. The standard InChI is InChI=1S/C20H28N4O4/c1-6-27-17-12-15-14(11-16(17)26-5)18(22-13-21-15)23-7-9-24(10-8-23)19(25)28-20(2,3)4/h11-13H,6-10H2,1-5H3. The minimum absolute atomic E-state index is 0.275. The highest BCUT2D eigenvalue weighted by molar-refractivity contribution is 5.92. The van der Waals surface area contributed by atoms with Crippen molar-refractivity contribution < 1.29 is 19.0 Å². The molecule has 0 N–H and O–H groups in total. The Hall–Kier alpha value is -2.77. The van der Waals surface area contributed by atoms with Gasteiger partial charge < -0.3 is 24.0 Å². The van der Waals surface area contributed by atoms with Gasteiger partial charge in [-0.05, 0) is 33.8 Å². The normalized spacial score (nSPS) is 14.9. The molecule has 0 aliphatic carbocycles. The summed E-state index contributed by atoms with van der Waals surface area (Å²) >= 11 is 0. The predicted molar refractivity (Wildman–Crippen MR) is 107 cm³/mol. The Bertz CT molecular complexity index is 842. The van der Waals surface area contributed by atoms with Gasteiger partial charge in [0.25, 0.3) is 0 Å². The number of benzene rings is 1. The Labute approximate surface area is 165 Å². The maximum absolute atomic E-state index is 12.3. The molecule has 2 heterocycles. The first-order valence-corrected chi connectivity index (χ1v) is 9.51. The van der Waals surface area contributed by atoms with Gasteiger partial charge in [0.15, 0.2) is 11.5 Å². The number of hydrogen-bond acceptors (Lipinski definition) is 7. The van der Waals surface area contributed by atoms with Crippen molar-refractivity contribution in [3.63, 3.8) is 0 Å². The van der Waals surface area contributed by atoms with Gasteiger partial charge >= 0.3 is 6.09 Å². The van der Waals surface area contributed by atoms with E-state index in [1.54, 1.807) is 18.3 Å².